The van der Waals surface area contributed by atoms with Gasteiger partial charge in [0.2, 0.25) is 0 Å². The molecular weight excluding hydrogens is 384 g/mol. The van der Waals surface area contributed by atoms with Crippen molar-refractivity contribution in [3.05, 3.63) is 65.9 Å². The summed E-state index contributed by atoms with van der Waals surface area (Å²) in [6, 6.07) is 16.3. The molecule has 29 heavy (non-hydrogen) atoms. The Labute approximate surface area is 172 Å². The molecule has 0 radical (unpaired) electrons. The van der Waals surface area contributed by atoms with E-state index >= 15 is 0 Å². The molecule has 2 aromatic carbocycles. The molecule has 0 amide bonds. The first-order chi connectivity index (χ1) is 13.9. The van der Waals surface area contributed by atoms with Crippen LogP contribution in [0.3, 0.4) is 0 Å². The SMILES string of the molecule is Cc1ccc(S(=O)(=O)Nc2ccc3nc(CN4CCN(C)CC4)ccc3c2)cc1. The van der Waals surface area contributed by atoms with Crippen molar-refractivity contribution in [3.63, 3.8) is 0 Å². The predicted molar refractivity (Wildman–Crippen MR) is 117 cm³/mol. The number of rotatable bonds is 5. The molecule has 1 saturated heterocycles. The molecule has 3 aromatic rings. The van der Waals surface area contributed by atoms with Crippen molar-refractivity contribution in [2.45, 2.75) is 18.4 Å². The van der Waals surface area contributed by atoms with E-state index in [1.165, 1.54) is 0 Å². The first-order valence-electron chi connectivity index (χ1n) is 9.79. The molecule has 2 heterocycles. The predicted octanol–water partition coefficient (Wildman–Crippen LogP) is 3.09. The van der Waals surface area contributed by atoms with E-state index in [1.54, 1.807) is 30.3 Å². The number of aromatic nitrogens is 1. The molecule has 0 bridgehead atoms. The second-order valence-corrected chi connectivity index (χ2v) is 9.39. The van der Waals surface area contributed by atoms with Gasteiger partial charge >= 0.3 is 0 Å². The topological polar surface area (TPSA) is 65.5 Å². The Kier molecular flexibility index (Phi) is 5.54. The van der Waals surface area contributed by atoms with Gasteiger partial charge in [-0.05, 0) is 50.4 Å². The summed E-state index contributed by atoms with van der Waals surface area (Å²) < 4.78 is 27.9. The van der Waals surface area contributed by atoms with Crippen LogP contribution in [0.5, 0.6) is 0 Å². The molecule has 1 fully saturated rings. The van der Waals surface area contributed by atoms with Crippen LogP contribution in [0.2, 0.25) is 0 Å². The van der Waals surface area contributed by atoms with Crippen LogP contribution in [0, 0.1) is 6.92 Å². The fraction of sp³-hybridized carbons (Fsp3) is 0.318. The van der Waals surface area contributed by atoms with Crippen molar-refractivity contribution in [2.24, 2.45) is 0 Å². The molecule has 0 atom stereocenters. The summed E-state index contributed by atoms with van der Waals surface area (Å²) in [6.07, 6.45) is 0. The van der Waals surface area contributed by atoms with Gasteiger partial charge in [-0.25, -0.2) is 8.42 Å². The molecule has 152 valence electrons. The maximum absolute atomic E-state index is 12.6. The van der Waals surface area contributed by atoms with Crippen molar-refractivity contribution < 1.29 is 8.42 Å². The van der Waals surface area contributed by atoms with Crippen molar-refractivity contribution in [1.29, 1.82) is 0 Å². The van der Waals surface area contributed by atoms with E-state index in [1.807, 2.05) is 31.2 Å². The molecule has 0 unspecified atom stereocenters. The molecule has 0 saturated carbocycles. The van der Waals surface area contributed by atoms with Crippen LogP contribution in [0.4, 0.5) is 5.69 Å². The second kappa shape index (κ2) is 8.10. The van der Waals surface area contributed by atoms with Crippen LogP contribution in [-0.4, -0.2) is 56.4 Å². The number of hydrogen-bond donors (Lipinski definition) is 1. The third-order valence-electron chi connectivity index (χ3n) is 5.31. The minimum atomic E-state index is -3.61. The van der Waals surface area contributed by atoms with Crippen molar-refractivity contribution in [3.8, 4) is 0 Å². The van der Waals surface area contributed by atoms with Crippen molar-refractivity contribution in [2.75, 3.05) is 37.9 Å². The number of nitrogens with zero attached hydrogens (tertiary/aromatic N) is 3. The molecule has 1 aromatic heterocycles. The van der Waals surface area contributed by atoms with E-state index < -0.39 is 10.0 Å². The third kappa shape index (κ3) is 4.75. The number of sulfonamides is 1. The van der Waals surface area contributed by atoms with Gasteiger partial charge in [0.1, 0.15) is 0 Å². The van der Waals surface area contributed by atoms with Crippen LogP contribution >= 0.6 is 0 Å². The summed E-state index contributed by atoms with van der Waals surface area (Å²) in [5.41, 5.74) is 3.46. The normalized spacial score (nSPS) is 16.2. The number of piperazine rings is 1. The molecule has 1 aliphatic rings. The van der Waals surface area contributed by atoms with Crippen LogP contribution in [0.25, 0.3) is 10.9 Å². The second-order valence-electron chi connectivity index (χ2n) is 7.71. The van der Waals surface area contributed by atoms with Gasteiger partial charge in [-0.2, -0.15) is 0 Å². The zero-order valence-corrected chi connectivity index (χ0v) is 17.6. The summed E-state index contributed by atoms with van der Waals surface area (Å²) in [7, 11) is -1.46. The van der Waals surface area contributed by atoms with Gasteiger partial charge in [0.05, 0.1) is 16.1 Å². The molecular formula is C22H26N4O2S. The number of anilines is 1. The molecule has 1 N–H and O–H groups in total. The summed E-state index contributed by atoms with van der Waals surface area (Å²) in [5, 5.41) is 0.913. The summed E-state index contributed by atoms with van der Waals surface area (Å²) in [6.45, 7) is 7.03. The van der Waals surface area contributed by atoms with Crippen LogP contribution in [-0.2, 0) is 16.6 Å². The van der Waals surface area contributed by atoms with E-state index in [9.17, 15) is 8.42 Å². The highest BCUT2D eigenvalue weighted by Gasteiger charge is 2.16. The number of aryl methyl sites for hydroxylation is 1. The van der Waals surface area contributed by atoms with E-state index in [4.69, 9.17) is 4.98 Å². The minimum Gasteiger partial charge on any atom is -0.304 e. The largest absolute Gasteiger partial charge is 0.304 e. The van der Waals surface area contributed by atoms with Gasteiger partial charge in [-0.3, -0.25) is 14.6 Å². The van der Waals surface area contributed by atoms with Crippen molar-refractivity contribution >= 4 is 26.6 Å². The highest BCUT2D eigenvalue weighted by molar-refractivity contribution is 7.92. The number of benzene rings is 2. The average Bonchev–Trinajstić information content (AvgIpc) is 2.70. The Balaban J connectivity index is 1.50. The van der Waals surface area contributed by atoms with E-state index in [2.05, 4.69) is 21.6 Å². The Morgan fingerprint density at radius 1 is 0.966 bits per heavy atom. The summed E-state index contributed by atoms with van der Waals surface area (Å²) in [4.78, 5) is 9.77. The zero-order valence-electron chi connectivity index (χ0n) is 16.8. The molecule has 4 rings (SSSR count). The Morgan fingerprint density at radius 3 is 2.41 bits per heavy atom. The number of likely N-dealkylation sites (N-methyl/N-ethyl adjacent to an activating group) is 1. The first-order valence-corrected chi connectivity index (χ1v) is 11.3. The fourth-order valence-electron chi connectivity index (χ4n) is 3.49. The lowest BCUT2D eigenvalue weighted by molar-refractivity contribution is 0.147. The average molecular weight is 411 g/mol. The van der Waals surface area contributed by atoms with E-state index in [0.717, 1.165) is 54.9 Å². The highest BCUT2D eigenvalue weighted by Crippen LogP contribution is 2.22. The Morgan fingerprint density at radius 2 is 1.69 bits per heavy atom. The van der Waals surface area contributed by atoms with Crippen LogP contribution < -0.4 is 4.72 Å². The number of nitrogens with one attached hydrogen (secondary N) is 1. The number of fused-ring (bicyclic) bond motifs is 1. The van der Waals surface area contributed by atoms with Gasteiger partial charge in [0.25, 0.3) is 10.0 Å². The van der Waals surface area contributed by atoms with Crippen LogP contribution in [0.15, 0.2) is 59.5 Å². The molecule has 6 nitrogen and oxygen atoms in total. The lowest BCUT2D eigenvalue weighted by Gasteiger charge is -2.32. The minimum absolute atomic E-state index is 0.254. The van der Waals surface area contributed by atoms with E-state index in [-0.39, 0.29) is 4.90 Å². The lowest BCUT2D eigenvalue weighted by atomic mass is 10.2. The monoisotopic (exact) mass is 410 g/mol. The highest BCUT2D eigenvalue weighted by atomic mass is 32.2. The number of hydrogen-bond acceptors (Lipinski definition) is 5. The molecule has 7 heteroatoms. The Hall–Kier alpha value is -2.48. The lowest BCUT2D eigenvalue weighted by Crippen LogP contribution is -2.43. The first kappa shape index (κ1) is 19.8. The van der Waals surface area contributed by atoms with Gasteiger partial charge < -0.3 is 4.90 Å². The molecule has 0 spiro atoms. The summed E-state index contributed by atoms with van der Waals surface area (Å²) in [5.74, 6) is 0. The summed E-state index contributed by atoms with van der Waals surface area (Å²) >= 11 is 0. The van der Waals surface area contributed by atoms with Gasteiger partial charge in [0, 0.05) is 43.8 Å². The molecule has 1 aliphatic heterocycles. The maximum atomic E-state index is 12.6. The molecule has 0 aliphatic carbocycles. The van der Waals surface area contributed by atoms with Gasteiger partial charge in [-0.15, -0.1) is 0 Å². The van der Waals surface area contributed by atoms with Gasteiger partial charge in [-0.1, -0.05) is 23.8 Å². The quantitative estimate of drug-likeness (QED) is 0.700. The smallest absolute Gasteiger partial charge is 0.261 e. The third-order valence-corrected chi connectivity index (χ3v) is 6.71. The standard InChI is InChI=1S/C22H26N4O2S/c1-17-3-8-21(9-4-17)29(27,28)24-19-7-10-22-18(15-19)5-6-20(23-22)16-26-13-11-25(2)12-14-26/h3-10,15,24H,11-14,16H2,1-2H3. The Bertz CT molecular complexity index is 1110. The number of pyridine rings is 1. The van der Waals surface area contributed by atoms with Crippen molar-refractivity contribution in [1.82, 2.24) is 14.8 Å². The fourth-order valence-corrected chi connectivity index (χ4v) is 4.54. The van der Waals surface area contributed by atoms with Crippen LogP contribution in [0.1, 0.15) is 11.3 Å². The van der Waals surface area contributed by atoms with Gasteiger partial charge in [0.15, 0.2) is 0 Å². The zero-order chi connectivity index (χ0) is 20.4. The maximum Gasteiger partial charge on any atom is 0.261 e. The van der Waals surface area contributed by atoms with E-state index in [0.29, 0.717) is 5.69 Å².